The number of thiophene rings is 1. The molecule has 0 radical (unpaired) electrons. The van der Waals surface area contributed by atoms with Crippen LogP contribution in [0.3, 0.4) is 0 Å². The molecular formula is C17H11N5OS. The van der Waals surface area contributed by atoms with E-state index in [1.54, 1.807) is 23.3 Å². The molecule has 5 rings (SSSR count). The van der Waals surface area contributed by atoms with Crippen molar-refractivity contribution in [2.45, 2.75) is 6.92 Å². The second kappa shape index (κ2) is 4.72. The summed E-state index contributed by atoms with van der Waals surface area (Å²) in [5.41, 5.74) is 3.40. The fraction of sp³-hybridized carbons (Fsp3) is 0.0588. The Labute approximate surface area is 139 Å². The predicted octanol–water partition coefficient (Wildman–Crippen LogP) is 3.18. The molecule has 4 heterocycles. The second-order valence-electron chi connectivity index (χ2n) is 5.67. The van der Waals surface area contributed by atoms with Crippen LogP contribution in [0.1, 0.15) is 5.56 Å². The number of nitrogens with one attached hydrogen (secondary N) is 1. The Kier molecular flexibility index (Phi) is 2.63. The molecule has 0 aliphatic rings. The molecule has 0 saturated carbocycles. The average molecular weight is 333 g/mol. The summed E-state index contributed by atoms with van der Waals surface area (Å²) < 4.78 is 2.17. The van der Waals surface area contributed by atoms with Gasteiger partial charge in [0.1, 0.15) is 21.4 Å². The molecule has 0 aliphatic carbocycles. The van der Waals surface area contributed by atoms with Crippen LogP contribution < -0.4 is 5.56 Å². The van der Waals surface area contributed by atoms with Gasteiger partial charge in [-0.2, -0.15) is 5.10 Å². The third kappa shape index (κ3) is 1.75. The van der Waals surface area contributed by atoms with Gasteiger partial charge in [-0.3, -0.25) is 14.5 Å². The molecule has 24 heavy (non-hydrogen) atoms. The highest BCUT2D eigenvalue weighted by atomic mass is 32.1. The lowest BCUT2D eigenvalue weighted by molar-refractivity contribution is 0.967. The summed E-state index contributed by atoms with van der Waals surface area (Å²) in [4.78, 5) is 22.7. The maximum absolute atomic E-state index is 12.9. The zero-order valence-corrected chi connectivity index (χ0v) is 13.5. The Morgan fingerprint density at radius 3 is 2.79 bits per heavy atom. The zero-order chi connectivity index (χ0) is 16.3. The summed E-state index contributed by atoms with van der Waals surface area (Å²) in [5, 5.41) is 8.81. The SMILES string of the molecule is Cc1ccc(-n2cnc3c(sc4ncc5cn[nH]c5c43)c2=O)cc1. The lowest BCUT2D eigenvalue weighted by Crippen LogP contribution is -2.17. The van der Waals surface area contributed by atoms with Gasteiger partial charge in [0, 0.05) is 11.6 Å². The summed E-state index contributed by atoms with van der Waals surface area (Å²) in [6, 6.07) is 7.80. The molecule has 0 amide bonds. The van der Waals surface area contributed by atoms with Gasteiger partial charge >= 0.3 is 0 Å². The van der Waals surface area contributed by atoms with E-state index in [4.69, 9.17) is 0 Å². The minimum atomic E-state index is -0.0838. The van der Waals surface area contributed by atoms with Crippen LogP contribution in [0.2, 0.25) is 0 Å². The van der Waals surface area contributed by atoms with Gasteiger partial charge < -0.3 is 0 Å². The number of benzene rings is 1. The summed E-state index contributed by atoms with van der Waals surface area (Å²) in [6.45, 7) is 2.02. The third-order valence-corrected chi connectivity index (χ3v) is 5.21. The molecule has 0 saturated heterocycles. The zero-order valence-electron chi connectivity index (χ0n) is 12.6. The van der Waals surface area contributed by atoms with E-state index in [-0.39, 0.29) is 5.56 Å². The van der Waals surface area contributed by atoms with E-state index in [0.717, 1.165) is 32.4 Å². The number of hydrogen-bond donors (Lipinski definition) is 1. The highest BCUT2D eigenvalue weighted by Crippen LogP contribution is 2.33. The molecule has 1 aromatic carbocycles. The van der Waals surface area contributed by atoms with Crippen molar-refractivity contribution in [3.8, 4) is 5.69 Å². The van der Waals surface area contributed by atoms with Crippen LogP contribution in [-0.4, -0.2) is 24.7 Å². The normalized spacial score (nSPS) is 11.7. The van der Waals surface area contributed by atoms with Crippen LogP contribution in [0.4, 0.5) is 0 Å². The maximum atomic E-state index is 12.9. The molecule has 0 spiro atoms. The van der Waals surface area contributed by atoms with Crippen LogP contribution in [-0.2, 0) is 0 Å². The van der Waals surface area contributed by atoms with E-state index in [1.807, 2.05) is 31.2 Å². The molecule has 4 aromatic heterocycles. The first-order chi connectivity index (χ1) is 11.7. The van der Waals surface area contributed by atoms with Gasteiger partial charge in [-0.05, 0) is 19.1 Å². The lowest BCUT2D eigenvalue weighted by atomic mass is 10.2. The number of rotatable bonds is 1. The molecule has 7 heteroatoms. The molecule has 0 bridgehead atoms. The Balaban J connectivity index is 1.88. The standard InChI is InChI=1S/C17H11N5OS/c1-9-2-4-11(5-3-9)22-8-19-14-12-13-10(7-20-21-13)6-18-16(12)24-15(14)17(22)23/h2-8H,1H3,(H,20,21). The van der Waals surface area contributed by atoms with E-state index in [9.17, 15) is 4.79 Å². The average Bonchev–Trinajstić information content (AvgIpc) is 3.20. The minimum absolute atomic E-state index is 0.0838. The molecule has 0 atom stereocenters. The van der Waals surface area contributed by atoms with Gasteiger partial charge in [-0.15, -0.1) is 11.3 Å². The van der Waals surface area contributed by atoms with E-state index in [0.29, 0.717) is 10.2 Å². The van der Waals surface area contributed by atoms with Crippen molar-refractivity contribution >= 4 is 42.7 Å². The fourth-order valence-electron chi connectivity index (χ4n) is 2.88. The van der Waals surface area contributed by atoms with Crippen LogP contribution >= 0.6 is 11.3 Å². The fourth-order valence-corrected chi connectivity index (χ4v) is 3.92. The number of hydrogen-bond acceptors (Lipinski definition) is 5. The molecule has 116 valence electrons. The number of pyridine rings is 1. The summed E-state index contributed by atoms with van der Waals surface area (Å²) >= 11 is 1.36. The summed E-state index contributed by atoms with van der Waals surface area (Å²) in [5.74, 6) is 0. The van der Waals surface area contributed by atoms with E-state index < -0.39 is 0 Å². The van der Waals surface area contributed by atoms with Crippen LogP contribution in [0.25, 0.3) is 37.0 Å². The first kappa shape index (κ1) is 13.4. The lowest BCUT2D eigenvalue weighted by Gasteiger charge is -2.05. The van der Waals surface area contributed by atoms with Crippen molar-refractivity contribution in [1.29, 1.82) is 0 Å². The van der Waals surface area contributed by atoms with Gasteiger partial charge in [0.15, 0.2) is 0 Å². The van der Waals surface area contributed by atoms with Gasteiger partial charge in [0.2, 0.25) is 0 Å². The van der Waals surface area contributed by atoms with Crippen LogP contribution in [0, 0.1) is 6.92 Å². The minimum Gasteiger partial charge on any atom is -0.277 e. The number of aromatic nitrogens is 5. The van der Waals surface area contributed by atoms with Gasteiger partial charge in [0.25, 0.3) is 5.56 Å². The van der Waals surface area contributed by atoms with E-state index in [2.05, 4.69) is 20.2 Å². The predicted molar refractivity (Wildman–Crippen MR) is 94.9 cm³/mol. The molecule has 6 nitrogen and oxygen atoms in total. The van der Waals surface area contributed by atoms with Gasteiger partial charge in [0.05, 0.1) is 22.8 Å². The van der Waals surface area contributed by atoms with Crippen molar-refractivity contribution in [2.75, 3.05) is 0 Å². The first-order valence-electron chi connectivity index (χ1n) is 7.41. The summed E-state index contributed by atoms with van der Waals surface area (Å²) in [6.07, 6.45) is 5.06. The first-order valence-corrected chi connectivity index (χ1v) is 8.23. The molecule has 0 aliphatic heterocycles. The Morgan fingerprint density at radius 1 is 1.12 bits per heavy atom. The molecular weight excluding hydrogens is 322 g/mol. The topological polar surface area (TPSA) is 76.5 Å². The Morgan fingerprint density at radius 2 is 1.96 bits per heavy atom. The van der Waals surface area contributed by atoms with Gasteiger partial charge in [-0.25, -0.2) is 9.97 Å². The Hall–Kier alpha value is -3.06. The molecule has 1 N–H and O–H groups in total. The third-order valence-electron chi connectivity index (χ3n) is 4.13. The summed E-state index contributed by atoms with van der Waals surface area (Å²) in [7, 11) is 0. The second-order valence-corrected chi connectivity index (χ2v) is 6.67. The maximum Gasteiger partial charge on any atom is 0.275 e. The van der Waals surface area contributed by atoms with Crippen LogP contribution in [0.15, 0.2) is 47.8 Å². The van der Waals surface area contributed by atoms with E-state index in [1.165, 1.54) is 11.3 Å². The van der Waals surface area contributed by atoms with Crippen molar-refractivity contribution in [1.82, 2.24) is 24.7 Å². The van der Waals surface area contributed by atoms with E-state index >= 15 is 0 Å². The Bertz CT molecular complexity index is 1280. The number of aryl methyl sites for hydroxylation is 1. The molecule has 5 aromatic rings. The van der Waals surface area contributed by atoms with Crippen molar-refractivity contribution in [3.63, 3.8) is 0 Å². The largest absolute Gasteiger partial charge is 0.277 e. The van der Waals surface area contributed by atoms with Crippen LogP contribution in [0.5, 0.6) is 0 Å². The quantitative estimate of drug-likeness (QED) is 0.511. The highest BCUT2D eigenvalue weighted by Gasteiger charge is 2.16. The smallest absolute Gasteiger partial charge is 0.275 e. The highest BCUT2D eigenvalue weighted by molar-refractivity contribution is 7.25. The van der Waals surface area contributed by atoms with Crippen molar-refractivity contribution in [3.05, 3.63) is 58.9 Å². The van der Waals surface area contributed by atoms with Crippen molar-refractivity contribution < 1.29 is 0 Å². The van der Waals surface area contributed by atoms with Crippen molar-refractivity contribution in [2.24, 2.45) is 0 Å². The number of H-pyrrole nitrogens is 1. The number of aromatic amines is 1. The number of fused-ring (bicyclic) bond motifs is 5. The monoisotopic (exact) mass is 333 g/mol. The molecule has 0 fully saturated rings. The van der Waals surface area contributed by atoms with Gasteiger partial charge in [-0.1, -0.05) is 17.7 Å². The molecule has 0 unspecified atom stereocenters. The number of nitrogens with zero attached hydrogens (tertiary/aromatic N) is 4.